The average molecular weight is 632 g/mol. The number of ether oxygens (including phenoxy) is 1. The average Bonchev–Trinajstić information content (AvgIpc) is 3.89. The van der Waals surface area contributed by atoms with Gasteiger partial charge in [-0.25, -0.2) is 4.39 Å². The molecule has 47 heavy (non-hydrogen) atoms. The molecule has 2 unspecified atom stereocenters. The highest BCUT2D eigenvalue weighted by Crippen LogP contribution is 2.48. The normalized spacial score (nSPS) is 18.4. The molecule has 0 bridgehead atoms. The molecule has 2 fully saturated rings. The molecule has 10 heteroatoms. The van der Waals surface area contributed by atoms with Crippen molar-refractivity contribution in [1.82, 2.24) is 19.6 Å². The van der Waals surface area contributed by atoms with Gasteiger partial charge in [-0.3, -0.25) is 14.6 Å². The van der Waals surface area contributed by atoms with Crippen molar-refractivity contribution in [2.45, 2.75) is 57.5 Å². The largest absolute Gasteiger partial charge is 0.381 e. The highest BCUT2D eigenvalue weighted by atomic mass is 19.1. The second-order valence-corrected chi connectivity index (χ2v) is 12.9. The van der Waals surface area contributed by atoms with Crippen molar-refractivity contribution in [2.24, 2.45) is 5.92 Å². The molecular formula is C37H34FN5O4. The van der Waals surface area contributed by atoms with Gasteiger partial charge in [0.1, 0.15) is 11.9 Å². The summed E-state index contributed by atoms with van der Waals surface area (Å²) < 4.78 is 27.9. The topological polar surface area (TPSA) is 117 Å². The van der Waals surface area contributed by atoms with Crippen LogP contribution in [0.5, 0.6) is 0 Å². The van der Waals surface area contributed by atoms with Gasteiger partial charge in [-0.2, -0.15) is 10.4 Å². The van der Waals surface area contributed by atoms with Crippen LogP contribution in [0.15, 0.2) is 64.0 Å². The van der Waals surface area contributed by atoms with E-state index in [1.54, 1.807) is 6.07 Å². The summed E-state index contributed by atoms with van der Waals surface area (Å²) in [6.07, 6.45) is 7.41. The first-order valence-corrected chi connectivity index (χ1v) is 16.4. The van der Waals surface area contributed by atoms with E-state index in [2.05, 4.69) is 15.8 Å². The smallest absolute Gasteiger partial charge is 0.280 e. The van der Waals surface area contributed by atoms with Crippen LogP contribution in [-0.2, 0) is 11.2 Å². The Kier molecular flexibility index (Phi) is 7.29. The third-order valence-electron chi connectivity index (χ3n) is 10.3. The molecule has 2 saturated heterocycles. The number of nitriles is 1. The van der Waals surface area contributed by atoms with E-state index in [-0.39, 0.29) is 29.1 Å². The number of aromatic amines is 1. The number of amides is 1. The third kappa shape index (κ3) is 4.97. The van der Waals surface area contributed by atoms with Crippen molar-refractivity contribution >= 4 is 16.8 Å². The Bertz CT molecular complexity index is 2130. The van der Waals surface area contributed by atoms with Gasteiger partial charge in [-0.05, 0) is 92.8 Å². The minimum Gasteiger partial charge on any atom is -0.381 e. The molecule has 6 heterocycles. The summed E-state index contributed by atoms with van der Waals surface area (Å²) in [7, 11) is 0. The van der Waals surface area contributed by atoms with Crippen LogP contribution in [0.3, 0.4) is 0 Å². The van der Waals surface area contributed by atoms with Crippen LogP contribution in [0, 0.1) is 23.1 Å². The van der Waals surface area contributed by atoms with E-state index < -0.39 is 5.82 Å². The van der Waals surface area contributed by atoms with Gasteiger partial charge in [-0.15, -0.1) is 0 Å². The zero-order valence-electron chi connectivity index (χ0n) is 26.1. The SMILES string of the molecule is CC(c1ccc(C#N)c(F)c1)n1ccc2cc(-c3c4c(nc(CCC5CCOCC5)c3-c3cc(=O)[nH]o3)C3CCCN3C4=O)ccc21. The van der Waals surface area contributed by atoms with E-state index in [0.717, 1.165) is 84.3 Å². The number of H-pyrrole nitrogens is 1. The molecule has 2 aromatic carbocycles. The number of hydrogen-bond acceptors (Lipinski definition) is 6. The van der Waals surface area contributed by atoms with Gasteiger partial charge in [0.2, 0.25) is 0 Å². The van der Waals surface area contributed by atoms with E-state index in [0.29, 0.717) is 35.8 Å². The highest BCUT2D eigenvalue weighted by Gasteiger charge is 2.44. The van der Waals surface area contributed by atoms with Crippen LogP contribution < -0.4 is 5.56 Å². The summed E-state index contributed by atoms with van der Waals surface area (Å²) in [5, 5.41) is 12.6. The number of benzene rings is 2. The Balaban J connectivity index is 1.28. The molecule has 5 aromatic rings. The fourth-order valence-corrected chi connectivity index (χ4v) is 7.77. The zero-order chi connectivity index (χ0) is 32.2. The van der Waals surface area contributed by atoms with Gasteiger partial charge in [-0.1, -0.05) is 12.1 Å². The van der Waals surface area contributed by atoms with Crippen molar-refractivity contribution in [1.29, 1.82) is 5.26 Å². The minimum atomic E-state index is -0.538. The summed E-state index contributed by atoms with van der Waals surface area (Å²) in [6.45, 7) is 4.21. The number of aryl methyl sites for hydroxylation is 1. The molecule has 3 aliphatic rings. The van der Waals surface area contributed by atoms with Crippen molar-refractivity contribution in [3.8, 4) is 28.5 Å². The van der Waals surface area contributed by atoms with Gasteiger partial charge in [0.15, 0.2) is 5.76 Å². The lowest BCUT2D eigenvalue weighted by Gasteiger charge is -2.23. The molecule has 0 saturated carbocycles. The first-order valence-electron chi connectivity index (χ1n) is 16.4. The fraction of sp³-hybridized carbons (Fsp3) is 0.351. The summed E-state index contributed by atoms with van der Waals surface area (Å²) in [5.74, 6) is 0.315. The quantitative estimate of drug-likeness (QED) is 0.208. The van der Waals surface area contributed by atoms with Gasteiger partial charge < -0.3 is 18.7 Å². The standard InChI is InChI=1S/C37H34FN5O4/c1-21(23-5-6-26(20-39)27(38)18-23)42-14-10-24-17-25(7-9-29(24)42)33-34(31-19-32(44)41-47-31)28(8-4-22-11-15-46-16-12-22)40-36-30-3-2-13-43(30)37(45)35(33)36/h5-7,9-10,14,17-19,21-22,30H,2-4,8,11-13,15-16H2,1H3,(H,41,44). The molecule has 8 rings (SSSR count). The highest BCUT2D eigenvalue weighted by molar-refractivity contribution is 6.09. The molecule has 9 nitrogen and oxygen atoms in total. The lowest BCUT2D eigenvalue weighted by atomic mass is 9.87. The predicted molar refractivity (Wildman–Crippen MR) is 173 cm³/mol. The Labute approximate surface area is 270 Å². The number of rotatable bonds is 7. The summed E-state index contributed by atoms with van der Waals surface area (Å²) in [5.41, 5.74) is 5.87. The Morgan fingerprint density at radius 1 is 1.06 bits per heavy atom. The molecule has 1 N–H and O–H groups in total. The Morgan fingerprint density at radius 2 is 1.91 bits per heavy atom. The zero-order valence-corrected chi connectivity index (χ0v) is 26.1. The minimum absolute atomic E-state index is 0.0176. The van der Waals surface area contributed by atoms with E-state index >= 15 is 0 Å². The molecule has 0 spiro atoms. The lowest BCUT2D eigenvalue weighted by molar-refractivity contribution is 0.0639. The first-order chi connectivity index (χ1) is 22.9. The number of carbonyl (C=O) groups is 1. The maximum atomic E-state index is 14.5. The molecule has 238 valence electrons. The number of hydrogen-bond donors (Lipinski definition) is 1. The summed E-state index contributed by atoms with van der Waals surface area (Å²) in [4.78, 5) is 33.6. The molecule has 3 aromatic heterocycles. The molecule has 2 atom stereocenters. The number of fused-ring (bicyclic) bond motifs is 4. The van der Waals surface area contributed by atoms with Crippen LogP contribution in [0.25, 0.3) is 33.4 Å². The predicted octanol–water partition coefficient (Wildman–Crippen LogP) is 6.92. The van der Waals surface area contributed by atoms with Crippen molar-refractivity contribution in [2.75, 3.05) is 19.8 Å². The van der Waals surface area contributed by atoms with Gasteiger partial charge in [0.05, 0.1) is 46.2 Å². The molecule has 1 amide bonds. The summed E-state index contributed by atoms with van der Waals surface area (Å²) >= 11 is 0. The van der Waals surface area contributed by atoms with Crippen LogP contribution >= 0.6 is 0 Å². The maximum absolute atomic E-state index is 14.5. The lowest BCUT2D eigenvalue weighted by Crippen LogP contribution is -2.22. The molecule has 0 aliphatic carbocycles. The van der Waals surface area contributed by atoms with E-state index in [4.69, 9.17) is 19.5 Å². The maximum Gasteiger partial charge on any atom is 0.280 e. The van der Waals surface area contributed by atoms with Crippen LogP contribution in [-0.4, -0.2) is 45.3 Å². The Hall–Kier alpha value is -5.01. The number of carbonyl (C=O) groups excluding carboxylic acids is 1. The van der Waals surface area contributed by atoms with E-state index in [9.17, 15) is 14.0 Å². The second-order valence-electron chi connectivity index (χ2n) is 12.9. The summed E-state index contributed by atoms with van der Waals surface area (Å²) in [6, 6.07) is 15.9. The van der Waals surface area contributed by atoms with E-state index in [1.165, 1.54) is 18.2 Å². The fourth-order valence-electron chi connectivity index (χ4n) is 7.77. The van der Waals surface area contributed by atoms with Crippen molar-refractivity contribution in [3.63, 3.8) is 0 Å². The number of nitrogens with zero attached hydrogens (tertiary/aromatic N) is 4. The molecule has 3 aliphatic heterocycles. The van der Waals surface area contributed by atoms with Gasteiger partial charge in [0, 0.05) is 42.4 Å². The molecule has 0 radical (unpaired) electrons. The van der Waals surface area contributed by atoms with Crippen LogP contribution in [0.2, 0.25) is 0 Å². The second kappa shape index (κ2) is 11.7. The van der Waals surface area contributed by atoms with E-state index in [1.807, 2.05) is 42.3 Å². The number of nitrogens with one attached hydrogen (secondary N) is 1. The van der Waals surface area contributed by atoms with Crippen LogP contribution in [0.1, 0.15) is 84.0 Å². The third-order valence-corrected chi connectivity index (χ3v) is 10.3. The number of pyridine rings is 1. The van der Waals surface area contributed by atoms with Gasteiger partial charge >= 0.3 is 0 Å². The number of halogens is 1. The Morgan fingerprint density at radius 3 is 2.68 bits per heavy atom. The van der Waals surface area contributed by atoms with Crippen molar-refractivity contribution in [3.05, 3.63) is 99.0 Å². The van der Waals surface area contributed by atoms with Crippen molar-refractivity contribution < 1.29 is 18.4 Å². The first kappa shape index (κ1) is 29.4. The van der Waals surface area contributed by atoms with Crippen LogP contribution in [0.4, 0.5) is 4.39 Å². The van der Waals surface area contributed by atoms with Gasteiger partial charge in [0.25, 0.3) is 11.5 Å². The monoisotopic (exact) mass is 631 g/mol. The molecular weight excluding hydrogens is 597 g/mol. The number of aromatic nitrogens is 3.